The fourth-order valence-corrected chi connectivity index (χ4v) is 2.44. The molecule has 8 nitrogen and oxygen atoms in total. The average molecular weight is 537 g/mol. The molecule has 8 heteroatoms. The molecule has 208 valence electrons. The van der Waals surface area contributed by atoms with Gasteiger partial charge in [0.05, 0.1) is 6.33 Å². The van der Waals surface area contributed by atoms with Crippen LogP contribution in [-0.4, -0.2) is 39.0 Å². The standard InChI is InChI=1S/3C6H7N.C5H6N2.C5H7N.C4H6N2/c1-6-2-4-7-5-3-6;1-6-3-2-4-7-5-6;1-6-4-2-3-5-7-6;1-5-6-3-2-4-7-5;1-6-4-2-3-5-6;1-6-3-2-5-4-6/h3*2-5H,1H3;2-4H,1H3;2-5H,1H3;2-4H,1H3. The van der Waals surface area contributed by atoms with Crippen molar-refractivity contribution in [2.75, 3.05) is 0 Å². The lowest BCUT2D eigenvalue weighted by molar-refractivity contribution is 0.913. The molecule has 0 N–H and O–H groups in total. The molecule has 6 aromatic rings. The van der Waals surface area contributed by atoms with Crippen LogP contribution < -0.4 is 0 Å². The predicted molar refractivity (Wildman–Crippen MR) is 162 cm³/mol. The van der Waals surface area contributed by atoms with Gasteiger partial charge >= 0.3 is 0 Å². The summed E-state index contributed by atoms with van der Waals surface area (Å²) in [5.41, 5.74) is 3.54. The van der Waals surface area contributed by atoms with Crippen LogP contribution in [0.4, 0.5) is 0 Å². The van der Waals surface area contributed by atoms with Crippen LogP contribution in [0, 0.1) is 27.7 Å². The molecule has 0 unspecified atom stereocenters. The van der Waals surface area contributed by atoms with Crippen LogP contribution in [0.5, 0.6) is 0 Å². The molecular weight excluding hydrogens is 496 g/mol. The molecule has 0 aliphatic carbocycles. The van der Waals surface area contributed by atoms with Gasteiger partial charge in [-0.25, -0.2) is 15.0 Å². The summed E-state index contributed by atoms with van der Waals surface area (Å²) < 4.78 is 3.89. The molecule has 0 amide bonds. The van der Waals surface area contributed by atoms with Gasteiger partial charge in [-0.1, -0.05) is 12.1 Å². The fraction of sp³-hybridized carbons (Fsp3) is 0.188. The van der Waals surface area contributed by atoms with Crippen LogP contribution in [0.15, 0.2) is 135 Å². The zero-order valence-electron chi connectivity index (χ0n) is 24.3. The lowest BCUT2D eigenvalue weighted by Gasteiger charge is -1.82. The first-order valence-electron chi connectivity index (χ1n) is 12.7. The van der Waals surface area contributed by atoms with Gasteiger partial charge in [0.25, 0.3) is 0 Å². The molecule has 40 heavy (non-hydrogen) atoms. The Balaban J connectivity index is 0.000000240. The van der Waals surface area contributed by atoms with Crippen molar-refractivity contribution in [1.82, 2.24) is 39.0 Å². The van der Waals surface area contributed by atoms with E-state index in [9.17, 15) is 0 Å². The molecule has 0 fully saturated rings. The van der Waals surface area contributed by atoms with Gasteiger partial charge in [-0.05, 0) is 87.4 Å². The summed E-state index contributed by atoms with van der Waals surface area (Å²) in [5.74, 6) is 0.822. The maximum absolute atomic E-state index is 3.98. The second-order valence-electron chi connectivity index (χ2n) is 8.40. The molecule has 0 aliphatic rings. The van der Waals surface area contributed by atoms with Crippen molar-refractivity contribution < 1.29 is 0 Å². The maximum Gasteiger partial charge on any atom is 0.125 e. The Morgan fingerprint density at radius 2 is 1.15 bits per heavy atom. The van der Waals surface area contributed by atoms with Gasteiger partial charge in [-0.2, -0.15) is 0 Å². The second-order valence-corrected chi connectivity index (χ2v) is 8.40. The largest absolute Gasteiger partial charge is 0.357 e. The van der Waals surface area contributed by atoms with Gasteiger partial charge < -0.3 is 9.13 Å². The molecule has 0 aliphatic heterocycles. The molecule has 0 saturated carbocycles. The van der Waals surface area contributed by atoms with E-state index in [0.29, 0.717) is 0 Å². The molecule has 0 spiro atoms. The van der Waals surface area contributed by atoms with E-state index in [0.717, 1.165) is 11.5 Å². The van der Waals surface area contributed by atoms with Crippen molar-refractivity contribution in [3.05, 3.63) is 158 Å². The number of aryl methyl sites for hydroxylation is 6. The van der Waals surface area contributed by atoms with Crippen molar-refractivity contribution in [3.63, 3.8) is 0 Å². The number of hydrogen-bond acceptors (Lipinski definition) is 6. The number of pyridine rings is 3. The molecule has 0 aromatic carbocycles. The minimum atomic E-state index is 0.822. The quantitative estimate of drug-likeness (QED) is 0.223. The van der Waals surface area contributed by atoms with E-state index < -0.39 is 0 Å². The van der Waals surface area contributed by atoms with E-state index in [4.69, 9.17) is 0 Å². The SMILES string of the molecule is Cc1ccccn1.Cc1cccnc1.Cc1ccncc1.Cc1ncccn1.Cn1cccc1.Cn1ccnc1. The van der Waals surface area contributed by atoms with Crippen molar-refractivity contribution in [1.29, 1.82) is 0 Å². The van der Waals surface area contributed by atoms with Gasteiger partial charge in [0.2, 0.25) is 0 Å². The Hall–Kier alpha value is -4.98. The summed E-state index contributed by atoms with van der Waals surface area (Å²) in [6.07, 6.45) is 21.8. The van der Waals surface area contributed by atoms with Crippen LogP contribution in [-0.2, 0) is 14.1 Å². The van der Waals surface area contributed by atoms with E-state index in [1.165, 1.54) is 11.1 Å². The van der Waals surface area contributed by atoms with Gasteiger partial charge in [-0.3, -0.25) is 15.0 Å². The topological polar surface area (TPSA) is 87.2 Å². The van der Waals surface area contributed by atoms with E-state index in [1.54, 1.807) is 55.8 Å². The first-order chi connectivity index (χ1) is 19.4. The highest BCUT2D eigenvalue weighted by atomic mass is 15.0. The summed E-state index contributed by atoms with van der Waals surface area (Å²) in [5, 5.41) is 0. The van der Waals surface area contributed by atoms with Crippen molar-refractivity contribution in [2.45, 2.75) is 27.7 Å². The molecule has 0 radical (unpaired) electrons. The normalized spacial score (nSPS) is 8.75. The Morgan fingerprint density at radius 3 is 1.40 bits per heavy atom. The molecular formula is C32H40N8. The molecule has 0 bridgehead atoms. The minimum absolute atomic E-state index is 0.822. The smallest absolute Gasteiger partial charge is 0.125 e. The van der Waals surface area contributed by atoms with Gasteiger partial charge in [0, 0.05) is 88.0 Å². The molecule has 6 aromatic heterocycles. The van der Waals surface area contributed by atoms with E-state index in [2.05, 4.69) is 29.9 Å². The molecule has 0 atom stereocenters. The van der Waals surface area contributed by atoms with Crippen molar-refractivity contribution in [3.8, 4) is 0 Å². The third-order valence-corrected chi connectivity index (χ3v) is 4.55. The molecule has 0 saturated heterocycles. The lowest BCUT2D eigenvalue weighted by atomic mass is 10.3. The summed E-state index contributed by atoms with van der Waals surface area (Å²) in [6.45, 7) is 7.90. The van der Waals surface area contributed by atoms with Crippen LogP contribution in [0.1, 0.15) is 22.6 Å². The minimum Gasteiger partial charge on any atom is -0.357 e. The maximum atomic E-state index is 3.98. The monoisotopic (exact) mass is 536 g/mol. The number of imidazole rings is 1. The Kier molecular flexibility index (Phi) is 18.2. The van der Waals surface area contributed by atoms with Gasteiger partial charge in [0.1, 0.15) is 5.82 Å². The number of nitrogens with zero attached hydrogens (tertiary/aromatic N) is 8. The van der Waals surface area contributed by atoms with E-state index in [1.807, 2.05) is 130 Å². The lowest BCUT2D eigenvalue weighted by Crippen LogP contribution is -1.80. The zero-order chi connectivity index (χ0) is 29.3. The Morgan fingerprint density at radius 1 is 0.475 bits per heavy atom. The highest BCUT2D eigenvalue weighted by Crippen LogP contribution is 1.89. The van der Waals surface area contributed by atoms with Crippen LogP contribution in [0.3, 0.4) is 0 Å². The summed E-state index contributed by atoms with van der Waals surface area (Å²) in [7, 11) is 3.94. The first kappa shape index (κ1) is 33.0. The average Bonchev–Trinajstić information content (AvgIpc) is 3.66. The predicted octanol–water partition coefficient (Wildman–Crippen LogP) is 6.40. The van der Waals surface area contributed by atoms with E-state index >= 15 is 0 Å². The van der Waals surface area contributed by atoms with Crippen molar-refractivity contribution in [2.24, 2.45) is 14.1 Å². The number of rotatable bonds is 0. The number of aromatic nitrogens is 8. The molecule has 6 rings (SSSR count). The highest BCUT2D eigenvalue weighted by molar-refractivity contribution is 5.06. The zero-order valence-corrected chi connectivity index (χ0v) is 24.3. The van der Waals surface area contributed by atoms with Gasteiger partial charge in [-0.15, -0.1) is 0 Å². The Bertz CT molecular complexity index is 1130. The van der Waals surface area contributed by atoms with Crippen LogP contribution in [0.25, 0.3) is 0 Å². The summed E-state index contributed by atoms with van der Waals surface area (Å²) in [4.78, 5) is 23.2. The third-order valence-electron chi connectivity index (χ3n) is 4.55. The first-order valence-corrected chi connectivity index (χ1v) is 12.7. The van der Waals surface area contributed by atoms with Crippen LogP contribution in [0.2, 0.25) is 0 Å². The van der Waals surface area contributed by atoms with Crippen LogP contribution >= 0.6 is 0 Å². The van der Waals surface area contributed by atoms with Gasteiger partial charge in [0.15, 0.2) is 0 Å². The fourth-order valence-electron chi connectivity index (χ4n) is 2.44. The summed E-state index contributed by atoms with van der Waals surface area (Å²) >= 11 is 0. The highest BCUT2D eigenvalue weighted by Gasteiger charge is 1.76. The third kappa shape index (κ3) is 20.1. The summed E-state index contributed by atoms with van der Waals surface area (Å²) in [6, 6.07) is 19.5. The Labute approximate surface area is 238 Å². The number of hydrogen-bond donors (Lipinski definition) is 0. The molecule has 6 heterocycles. The van der Waals surface area contributed by atoms with Crippen molar-refractivity contribution >= 4 is 0 Å². The second kappa shape index (κ2) is 22.0. The van der Waals surface area contributed by atoms with E-state index in [-0.39, 0.29) is 0 Å².